The zero-order valence-corrected chi connectivity index (χ0v) is 18.4. The molecule has 2 fully saturated rings. The SMILES string of the molecule is Cc1cccc(C)c1OCC(=O)N1CCCCC1CCN1CCCCCC1.Cl. The van der Waals surface area contributed by atoms with Gasteiger partial charge in [-0.2, -0.15) is 0 Å². The molecule has 1 aromatic rings. The van der Waals surface area contributed by atoms with Crippen LogP contribution in [0.2, 0.25) is 0 Å². The summed E-state index contributed by atoms with van der Waals surface area (Å²) in [5.41, 5.74) is 2.19. The quantitative estimate of drug-likeness (QED) is 0.680. The van der Waals surface area contributed by atoms with Crippen LogP contribution < -0.4 is 4.74 Å². The molecular formula is C23H37ClN2O2. The number of nitrogens with zero attached hydrogens (tertiary/aromatic N) is 2. The fraction of sp³-hybridized carbons (Fsp3) is 0.696. The molecule has 0 aliphatic carbocycles. The fourth-order valence-electron chi connectivity index (χ4n) is 4.56. The highest BCUT2D eigenvalue weighted by molar-refractivity contribution is 5.85. The van der Waals surface area contributed by atoms with Gasteiger partial charge in [0, 0.05) is 19.1 Å². The van der Waals surface area contributed by atoms with Crippen molar-refractivity contribution in [1.82, 2.24) is 9.80 Å². The van der Waals surface area contributed by atoms with Gasteiger partial charge in [-0.25, -0.2) is 0 Å². The maximum absolute atomic E-state index is 12.9. The predicted octanol–water partition coefficient (Wildman–Crippen LogP) is 4.75. The van der Waals surface area contributed by atoms with Gasteiger partial charge in [-0.15, -0.1) is 12.4 Å². The van der Waals surface area contributed by atoms with E-state index in [1.165, 1.54) is 45.2 Å². The number of aryl methyl sites for hydroxylation is 2. The average molecular weight is 409 g/mol. The maximum Gasteiger partial charge on any atom is 0.260 e. The van der Waals surface area contributed by atoms with Gasteiger partial charge in [0.05, 0.1) is 0 Å². The topological polar surface area (TPSA) is 32.8 Å². The highest BCUT2D eigenvalue weighted by atomic mass is 35.5. The molecule has 0 spiro atoms. The minimum absolute atomic E-state index is 0. The van der Waals surface area contributed by atoms with Crippen LogP contribution in [0.3, 0.4) is 0 Å². The summed E-state index contributed by atoms with van der Waals surface area (Å²) in [6.45, 7) is 8.72. The third-order valence-corrected chi connectivity index (χ3v) is 6.17. The molecule has 28 heavy (non-hydrogen) atoms. The van der Waals surface area contributed by atoms with Crippen molar-refractivity contribution in [3.8, 4) is 5.75 Å². The molecular weight excluding hydrogens is 372 g/mol. The molecule has 0 N–H and O–H groups in total. The smallest absolute Gasteiger partial charge is 0.260 e. The number of benzene rings is 1. The van der Waals surface area contributed by atoms with Gasteiger partial charge >= 0.3 is 0 Å². The maximum atomic E-state index is 12.9. The lowest BCUT2D eigenvalue weighted by Gasteiger charge is -2.37. The lowest BCUT2D eigenvalue weighted by atomic mass is 9.99. The van der Waals surface area contributed by atoms with Gasteiger partial charge in [-0.05, 0) is 76.6 Å². The molecule has 0 radical (unpaired) electrons. The van der Waals surface area contributed by atoms with E-state index in [0.717, 1.165) is 49.2 Å². The van der Waals surface area contributed by atoms with Crippen molar-refractivity contribution in [2.75, 3.05) is 32.8 Å². The van der Waals surface area contributed by atoms with Crippen LogP contribution in [-0.4, -0.2) is 54.5 Å². The van der Waals surface area contributed by atoms with Crippen molar-refractivity contribution < 1.29 is 9.53 Å². The summed E-state index contributed by atoms with van der Waals surface area (Å²) in [6.07, 6.45) is 10.0. The number of amides is 1. The highest BCUT2D eigenvalue weighted by Gasteiger charge is 2.27. The first-order valence-corrected chi connectivity index (χ1v) is 10.9. The molecule has 3 rings (SSSR count). The van der Waals surface area contributed by atoms with E-state index >= 15 is 0 Å². The number of carbonyl (C=O) groups excluding carboxylic acids is 1. The Morgan fingerprint density at radius 2 is 1.64 bits per heavy atom. The Labute approximate surface area is 177 Å². The Balaban J connectivity index is 0.00000280. The number of ether oxygens (including phenoxy) is 1. The largest absolute Gasteiger partial charge is 0.483 e. The fourth-order valence-corrected chi connectivity index (χ4v) is 4.56. The summed E-state index contributed by atoms with van der Waals surface area (Å²) in [6, 6.07) is 6.49. The van der Waals surface area contributed by atoms with Gasteiger partial charge in [0.2, 0.25) is 0 Å². The predicted molar refractivity (Wildman–Crippen MR) is 118 cm³/mol. The summed E-state index contributed by atoms with van der Waals surface area (Å²) in [5, 5.41) is 0. The van der Waals surface area contributed by atoms with Crippen molar-refractivity contribution in [2.24, 2.45) is 0 Å². The van der Waals surface area contributed by atoms with Crippen molar-refractivity contribution in [3.05, 3.63) is 29.3 Å². The number of piperidine rings is 1. The number of likely N-dealkylation sites (tertiary alicyclic amines) is 2. The summed E-state index contributed by atoms with van der Waals surface area (Å²) < 4.78 is 5.94. The van der Waals surface area contributed by atoms with Crippen molar-refractivity contribution in [2.45, 2.75) is 71.3 Å². The van der Waals surface area contributed by atoms with Crippen LogP contribution in [0.25, 0.3) is 0 Å². The van der Waals surface area contributed by atoms with E-state index in [2.05, 4.69) is 9.80 Å². The summed E-state index contributed by atoms with van der Waals surface area (Å²) in [7, 11) is 0. The molecule has 4 nitrogen and oxygen atoms in total. The molecule has 5 heteroatoms. The number of hydrogen-bond acceptors (Lipinski definition) is 3. The highest BCUT2D eigenvalue weighted by Crippen LogP contribution is 2.24. The third-order valence-electron chi connectivity index (χ3n) is 6.17. The zero-order valence-electron chi connectivity index (χ0n) is 17.6. The first kappa shape index (κ1) is 23.0. The van der Waals surface area contributed by atoms with Gasteiger partial charge in [0.15, 0.2) is 6.61 Å². The van der Waals surface area contributed by atoms with Crippen LogP contribution in [0.5, 0.6) is 5.75 Å². The van der Waals surface area contributed by atoms with Crippen molar-refractivity contribution in [1.29, 1.82) is 0 Å². The van der Waals surface area contributed by atoms with Gasteiger partial charge in [0.1, 0.15) is 5.75 Å². The second kappa shape index (κ2) is 11.7. The average Bonchev–Trinajstić information content (AvgIpc) is 2.95. The van der Waals surface area contributed by atoms with E-state index in [4.69, 9.17) is 4.74 Å². The molecule has 2 aliphatic rings. The van der Waals surface area contributed by atoms with E-state index < -0.39 is 0 Å². The van der Waals surface area contributed by atoms with Gasteiger partial charge in [0.25, 0.3) is 5.91 Å². The standard InChI is InChI=1S/C23H36N2O2.ClH/c1-19-10-9-11-20(2)23(19)27-18-22(26)25-16-8-5-12-21(25)13-17-24-14-6-3-4-7-15-24;/h9-11,21H,3-8,12-18H2,1-2H3;1H. The molecule has 158 valence electrons. The Bertz CT molecular complexity index is 594. The van der Waals surface area contributed by atoms with E-state index in [-0.39, 0.29) is 24.9 Å². The van der Waals surface area contributed by atoms with Gasteiger partial charge < -0.3 is 14.5 Å². The minimum Gasteiger partial charge on any atom is -0.483 e. The number of carbonyl (C=O) groups is 1. The number of para-hydroxylation sites is 1. The summed E-state index contributed by atoms with van der Waals surface area (Å²) in [5.74, 6) is 1.02. The molecule has 1 amide bonds. The van der Waals surface area contributed by atoms with Crippen LogP contribution in [0, 0.1) is 13.8 Å². The molecule has 2 heterocycles. The number of rotatable bonds is 6. The van der Waals surface area contributed by atoms with Crippen LogP contribution in [0.4, 0.5) is 0 Å². The summed E-state index contributed by atoms with van der Waals surface area (Å²) >= 11 is 0. The molecule has 0 bridgehead atoms. The lowest BCUT2D eigenvalue weighted by Crippen LogP contribution is -2.47. The number of halogens is 1. The third kappa shape index (κ3) is 6.38. The van der Waals surface area contributed by atoms with E-state index in [0.29, 0.717) is 6.04 Å². The Hall–Kier alpha value is -1.26. The monoisotopic (exact) mass is 408 g/mol. The van der Waals surface area contributed by atoms with Gasteiger partial charge in [-0.3, -0.25) is 4.79 Å². The number of hydrogen-bond donors (Lipinski definition) is 0. The first-order chi connectivity index (χ1) is 13.1. The van der Waals surface area contributed by atoms with Crippen LogP contribution in [-0.2, 0) is 4.79 Å². The zero-order chi connectivity index (χ0) is 19.1. The molecule has 1 unspecified atom stereocenters. The molecule has 2 aliphatic heterocycles. The van der Waals surface area contributed by atoms with Crippen molar-refractivity contribution in [3.63, 3.8) is 0 Å². The van der Waals surface area contributed by atoms with Crippen molar-refractivity contribution >= 4 is 18.3 Å². The van der Waals surface area contributed by atoms with Gasteiger partial charge in [-0.1, -0.05) is 31.0 Å². The second-order valence-electron chi connectivity index (χ2n) is 8.29. The molecule has 1 aromatic carbocycles. The van der Waals surface area contributed by atoms with E-state index in [1.807, 2.05) is 32.0 Å². The molecule has 0 aromatic heterocycles. The molecule has 0 saturated carbocycles. The van der Waals surface area contributed by atoms with Crippen LogP contribution >= 0.6 is 12.4 Å². The van der Waals surface area contributed by atoms with E-state index in [9.17, 15) is 4.79 Å². The van der Waals surface area contributed by atoms with Crippen LogP contribution in [0.1, 0.15) is 62.5 Å². The minimum atomic E-state index is 0. The van der Waals surface area contributed by atoms with E-state index in [1.54, 1.807) is 0 Å². The second-order valence-corrected chi connectivity index (χ2v) is 8.29. The Morgan fingerprint density at radius 3 is 2.32 bits per heavy atom. The molecule has 2 saturated heterocycles. The lowest BCUT2D eigenvalue weighted by molar-refractivity contribution is -0.137. The summed E-state index contributed by atoms with van der Waals surface area (Å²) in [4.78, 5) is 17.6. The molecule has 1 atom stereocenters. The first-order valence-electron chi connectivity index (χ1n) is 10.9. The Morgan fingerprint density at radius 1 is 1.00 bits per heavy atom. The van der Waals surface area contributed by atoms with Crippen LogP contribution in [0.15, 0.2) is 18.2 Å². The normalized spacial score (nSPS) is 20.9. The Kier molecular flexibility index (Phi) is 9.60.